The van der Waals surface area contributed by atoms with Crippen LogP contribution >= 0.6 is 0 Å². The third-order valence-electron chi connectivity index (χ3n) is 1.41. The minimum atomic E-state index is 0. The van der Waals surface area contributed by atoms with Crippen LogP contribution in [-0.2, 0) is 22.4 Å². The summed E-state index contributed by atoms with van der Waals surface area (Å²) in [7, 11) is 0. The third-order valence-corrected chi connectivity index (χ3v) is 1.41. The van der Waals surface area contributed by atoms with Gasteiger partial charge < -0.3 is 10.7 Å². The largest absolute Gasteiger partial charge is 0.369 e. The van der Waals surface area contributed by atoms with Crippen LogP contribution in [0, 0.1) is 0 Å². The molecule has 0 aliphatic heterocycles. The maximum absolute atomic E-state index is 5.42. The predicted molar refractivity (Wildman–Crippen MR) is 40.5 cm³/mol. The molecule has 11 heavy (non-hydrogen) atoms. The minimum Gasteiger partial charge on any atom is -0.369 e. The Hall–Kier alpha value is -0.770. The van der Waals surface area contributed by atoms with Crippen LogP contribution in [0.15, 0.2) is 24.3 Å². The van der Waals surface area contributed by atoms with Crippen molar-refractivity contribution < 1.29 is 22.4 Å². The summed E-state index contributed by atoms with van der Waals surface area (Å²) in [4.78, 5) is 6.96. The van der Waals surface area contributed by atoms with E-state index in [1.54, 1.807) is 0 Å². The van der Waals surface area contributed by atoms with Gasteiger partial charge in [-0.1, -0.05) is 12.1 Å². The van der Waals surface area contributed by atoms with Crippen LogP contribution in [0.4, 0.5) is 5.95 Å². The molecule has 2 aromatic rings. The van der Waals surface area contributed by atoms with Gasteiger partial charge in [0.1, 0.15) is 0 Å². The smallest absolute Gasteiger partial charge is 0.198 e. The van der Waals surface area contributed by atoms with Crippen molar-refractivity contribution >= 4 is 17.0 Å². The Labute approximate surface area is 79.5 Å². The fourth-order valence-electron chi connectivity index (χ4n) is 0.973. The zero-order valence-electron chi connectivity index (χ0n) is 5.64. The Bertz CT molecular complexity index is 322. The summed E-state index contributed by atoms with van der Waals surface area (Å²) in [6.07, 6.45) is 0. The number of benzene rings is 1. The van der Waals surface area contributed by atoms with Gasteiger partial charge in [-0.25, -0.2) is 4.98 Å². The van der Waals surface area contributed by atoms with Crippen molar-refractivity contribution in [3.05, 3.63) is 24.3 Å². The average Bonchev–Trinajstić information content (AvgIpc) is 2.27. The molecule has 0 aliphatic carbocycles. The van der Waals surface area contributed by atoms with E-state index in [4.69, 9.17) is 5.73 Å². The Morgan fingerprint density at radius 3 is 2.73 bits per heavy atom. The summed E-state index contributed by atoms with van der Waals surface area (Å²) in [5.41, 5.74) is 7.33. The molecule has 1 aromatic heterocycles. The van der Waals surface area contributed by atoms with Crippen LogP contribution in [0.3, 0.4) is 0 Å². The van der Waals surface area contributed by atoms with Gasteiger partial charge in [0.2, 0.25) is 0 Å². The van der Waals surface area contributed by atoms with Crippen LogP contribution in [-0.4, -0.2) is 9.97 Å². The predicted octanol–water partition coefficient (Wildman–Crippen LogP) is 1.14. The Kier molecular flexibility index (Phi) is 2.34. The fourth-order valence-corrected chi connectivity index (χ4v) is 0.973. The van der Waals surface area contributed by atoms with Gasteiger partial charge in [0.25, 0.3) is 0 Å². The molecule has 0 spiro atoms. The quantitative estimate of drug-likeness (QED) is 0.679. The molecule has 0 saturated heterocycles. The van der Waals surface area contributed by atoms with Crippen LogP contribution < -0.4 is 5.73 Å². The Morgan fingerprint density at radius 2 is 2.00 bits per heavy atom. The van der Waals surface area contributed by atoms with Gasteiger partial charge in [-0.15, -0.1) is 0 Å². The number of rotatable bonds is 0. The molecule has 3 nitrogen and oxygen atoms in total. The first-order chi connectivity index (χ1) is 4.86. The number of imidazole rings is 1. The molecule has 0 aliphatic rings. The average molecular weight is 241 g/mol. The van der Waals surface area contributed by atoms with Gasteiger partial charge in [0.15, 0.2) is 5.95 Å². The van der Waals surface area contributed by atoms with E-state index < -0.39 is 0 Å². The van der Waals surface area contributed by atoms with E-state index in [-0.39, 0.29) is 22.4 Å². The Morgan fingerprint density at radius 1 is 1.27 bits per heavy atom. The van der Waals surface area contributed by atoms with E-state index in [2.05, 4.69) is 9.97 Å². The molecule has 0 amide bonds. The van der Waals surface area contributed by atoms with E-state index in [1.165, 1.54) is 0 Å². The molecule has 1 heterocycles. The number of para-hydroxylation sites is 2. The normalized spacial score (nSPS) is 9.45. The molecule has 1 radical (unpaired) electrons. The molecule has 0 bridgehead atoms. The molecule has 61 valence electrons. The number of H-pyrrole nitrogens is 1. The van der Waals surface area contributed by atoms with E-state index in [9.17, 15) is 0 Å². The number of aromatic amines is 1. The third kappa shape index (κ3) is 1.45. The van der Waals surface area contributed by atoms with Crippen molar-refractivity contribution in [1.82, 2.24) is 9.97 Å². The van der Waals surface area contributed by atoms with Gasteiger partial charge in [0.05, 0.1) is 11.0 Å². The first kappa shape index (κ1) is 8.33. The summed E-state index contributed by atoms with van der Waals surface area (Å²) in [5.74, 6) is 0.473. The summed E-state index contributed by atoms with van der Waals surface area (Å²) in [6.45, 7) is 0. The number of anilines is 1. The van der Waals surface area contributed by atoms with Crippen LogP contribution in [0.2, 0.25) is 0 Å². The Balaban J connectivity index is 0.000000605. The zero-order chi connectivity index (χ0) is 6.97. The summed E-state index contributed by atoms with van der Waals surface area (Å²) in [6, 6.07) is 7.74. The van der Waals surface area contributed by atoms with Crippen molar-refractivity contribution in [3.63, 3.8) is 0 Å². The van der Waals surface area contributed by atoms with E-state index >= 15 is 0 Å². The topological polar surface area (TPSA) is 54.7 Å². The minimum absolute atomic E-state index is 0. The van der Waals surface area contributed by atoms with Crippen molar-refractivity contribution in [2.24, 2.45) is 0 Å². The van der Waals surface area contributed by atoms with Crippen LogP contribution in [0.5, 0.6) is 0 Å². The molecule has 4 heteroatoms. The number of nitrogens with one attached hydrogen (secondary N) is 1. The standard InChI is InChI=1S/C7H7N3.Ag/c8-7-9-5-3-1-2-4-6(5)10-7;/h1-4H,(H3,8,9,10);. The molecule has 3 N–H and O–H groups in total. The second-order valence-electron chi connectivity index (χ2n) is 2.14. The number of fused-ring (bicyclic) bond motifs is 1. The number of hydrogen-bond donors (Lipinski definition) is 2. The first-order valence-electron chi connectivity index (χ1n) is 3.06. The molecular weight excluding hydrogens is 234 g/mol. The molecule has 0 unspecified atom stereocenters. The van der Waals surface area contributed by atoms with Crippen molar-refractivity contribution in [3.8, 4) is 0 Å². The zero-order valence-corrected chi connectivity index (χ0v) is 7.12. The monoisotopic (exact) mass is 240 g/mol. The van der Waals surface area contributed by atoms with Gasteiger partial charge in [-0.2, -0.15) is 0 Å². The van der Waals surface area contributed by atoms with Crippen molar-refractivity contribution in [2.45, 2.75) is 0 Å². The van der Waals surface area contributed by atoms with Crippen LogP contribution in [0.25, 0.3) is 11.0 Å². The number of nitrogens with zero attached hydrogens (tertiary/aromatic N) is 1. The SMILES string of the molecule is Nc1nc2ccccc2[nH]1.[Ag]. The second kappa shape index (κ2) is 3.09. The van der Waals surface area contributed by atoms with Gasteiger partial charge >= 0.3 is 0 Å². The summed E-state index contributed by atoms with van der Waals surface area (Å²) in [5, 5.41) is 0. The number of nitrogen functional groups attached to an aromatic ring is 1. The number of aromatic nitrogens is 2. The first-order valence-corrected chi connectivity index (χ1v) is 3.06. The molecule has 2 rings (SSSR count). The maximum Gasteiger partial charge on any atom is 0.198 e. The molecule has 1 aromatic carbocycles. The van der Waals surface area contributed by atoms with Crippen molar-refractivity contribution in [1.29, 1.82) is 0 Å². The fraction of sp³-hybridized carbons (Fsp3) is 0. The molecule has 0 fully saturated rings. The van der Waals surface area contributed by atoms with Gasteiger partial charge in [0, 0.05) is 22.4 Å². The van der Waals surface area contributed by atoms with Crippen molar-refractivity contribution in [2.75, 3.05) is 5.73 Å². The maximum atomic E-state index is 5.42. The molecular formula is C7H7AgN3. The van der Waals surface area contributed by atoms with Gasteiger partial charge in [-0.3, -0.25) is 0 Å². The van der Waals surface area contributed by atoms with E-state index in [0.29, 0.717) is 5.95 Å². The van der Waals surface area contributed by atoms with Gasteiger partial charge in [-0.05, 0) is 12.1 Å². The number of nitrogens with two attached hydrogens (primary N) is 1. The number of hydrogen-bond acceptors (Lipinski definition) is 2. The summed E-state index contributed by atoms with van der Waals surface area (Å²) >= 11 is 0. The molecule has 0 atom stereocenters. The van der Waals surface area contributed by atoms with Crippen LogP contribution in [0.1, 0.15) is 0 Å². The van der Waals surface area contributed by atoms with E-state index in [0.717, 1.165) is 11.0 Å². The molecule has 0 saturated carbocycles. The second-order valence-corrected chi connectivity index (χ2v) is 2.14. The van der Waals surface area contributed by atoms with E-state index in [1.807, 2.05) is 24.3 Å². The summed E-state index contributed by atoms with van der Waals surface area (Å²) < 4.78 is 0.